The van der Waals surface area contributed by atoms with Gasteiger partial charge in [-0.3, -0.25) is 4.79 Å². The Morgan fingerprint density at radius 3 is 3.00 bits per heavy atom. The molecule has 1 amide bonds. The highest BCUT2D eigenvalue weighted by atomic mass is 16.5. The first kappa shape index (κ1) is 14.6. The zero-order chi connectivity index (χ0) is 14.4. The average Bonchev–Trinajstić information content (AvgIpc) is 2.43. The number of anilines is 3. The molecule has 5 N–H and O–H groups in total. The SMILES string of the molecule is Nc1cc2c(cc1NCCCOCCO)CCC(=O)N2. The Balaban J connectivity index is 1.87. The number of nitrogens with two attached hydrogens (primary N) is 1. The number of ether oxygens (including phenoxy) is 1. The lowest BCUT2D eigenvalue weighted by Gasteiger charge is -2.19. The minimum atomic E-state index is 0.0404. The quantitative estimate of drug-likeness (QED) is 0.440. The van der Waals surface area contributed by atoms with Crippen molar-refractivity contribution < 1.29 is 14.6 Å². The third-order valence-corrected chi connectivity index (χ3v) is 3.19. The van der Waals surface area contributed by atoms with Gasteiger partial charge in [0.25, 0.3) is 0 Å². The van der Waals surface area contributed by atoms with Gasteiger partial charge in [0.05, 0.1) is 24.6 Å². The predicted molar refractivity (Wildman–Crippen MR) is 78.8 cm³/mol. The maximum absolute atomic E-state index is 11.3. The molecular formula is C14H21N3O3. The van der Waals surface area contributed by atoms with E-state index >= 15 is 0 Å². The molecule has 20 heavy (non-hydrogen) atoms. The van der Waals surface area contributed by atoms with Crippen LogP contribution in [-0.2, 0) is 16.0 Å². The van der Waals surface area contributed by atoms with Gasteiger partial charge < -0.3 is 26.2 Å². The Morgan fingerprint density at radius 2 is 2.20 bits per heavy atom. The molecule has 0 atom stereocenters. The molecule has 6 heteroatoms. The van der Waals surface area contributed by atoms with E-state index in [0.717, 1.165) is 36.3 Å². The van der Waals surface area contributed by atoms with Gasteiger partial charge in [0, 0.05) is 25.3 Å². The van der Waals surface area contributed by atoms with E-state index in [4.69, 9.17) is 15.6 Å². The van der Waals surface area contributed by atoms with Crippen molar-refractivity contribution in [2.45, 2.75) is 19.3 Å². The average molecular weight is 279 g/mol. The number of amides is 1. The van der Waals surface area contributed by atoms with Crippen molar-refractivity contribution in [3.63, 3.8) is 0 Å². The minimum Gasteiger partial charge on any atom is -0.397 e. The summed E-state index contributed by atoms with van der Waals surface area (Å²) < 4.78 is 5.18. The monoisotopic (exact) mass is 279 g/mol. The van der Waals surface area contributed by atoms with E-state index in [-0.39, 0.29) is 12.5 Å². The predicted octanol–water partition coefficient (Wildman–Crippen LogP) is 0.964. The summed E-state index contributed by atoms with van der Waals surface area (Å²) in [5, 5.41) is 14.7. The second kappa shape index (κ2) is 7.12. The van der Waals surface area contributed by atoms with E-state index in [2.05, 4.69) is 10.6 Å². The fraction of sp³-hybridized carbons (Fsp3) is 0.500. The van der Waals surface area contributed by atoms with Crippen LogP contribution in [0.3, 0.4) is 0 Å². The van der Waals surface area contributed by atoms with Crippen LogP contribution in [-0.4, -0.2) is 37.4 Å². The summed E-state index contributed by atoms with van der Waals surface area (Å²) in [4.78, 5) is 11.3. The van der Waals surface area contributed by atoms with Crippen molar-refractivity contribution >= 4 is 23.0 Å². The van der Waals surface area contributed by atoms with Crippen LogP contribution in [0.5, 0.6) is 0 Å². The van der Waals surface area contributed by atoms with E-state index in [1.165, 1.54) is 0 Å². The number of hydrogen-bond acceptors (Lipinski definition) is 5. The second-order valence-corrected chi connectivity index (χ2v) is 4.76. The number of hydrogen-bond donors (Lipinski definition) is 4. The molecule has 110 valence electrons. The number of aryl methyl sites for hydroxylation is 1. The zero-order valence-electron chi connectivity index (χ0n) is 11.4. The molecule has 1 aromatic rings. The number of fused-ring (bicyclic) bond motifs is 1. The molecule has 0 radical (unpaired) electrons. The highest BCUT2D eigenvalue weighted by Crippen LogP contribution is 2.30. The fourth-order valence-electron chi connectivity index (χ4n) is 2.16. The van der Waals surface area contributed by atoms with Gasteiger partial charge in [0.1, 0.15) is 0 Å². The number of benzene rings is 1. The maximum Gasteiger partial charge on any atom is 0.224 e. The standard InChI is InChI=1S/C14H21N3O3/c15-11-9-12-10(2-3-14(19)17-12)8-13(11)16-4-1-6-20-7-5-18/h8-9,16,18H,1-7,15H2,(H,17,19). The second-order valence-electron chi connectivity index (χ2n) is 4.76. The van der Waals surface area contributed by atoms with Crippen molar-refractivity contribution in [3.8, 4) is 0 Å². The van der Waals surface area contributed by atoms with Crippen LogP contribution < -0.4 is 16.4 Å². The van der Waals surface area contributed by atoms with Crippen LogP contribution in [0.1, 0.15) is 18.4 Å². The Bertz CT molecular complexity index is 477. The molecule has 0 aliphatic carbocycles. The molecule has 2 rings (SSSR count). The molecule has 0 unspecified atom stereocenters. The lowest BCUT2D eigenvalue weighted by Crippen LogP contribution is -2.19. The van der Waals surface area contributed by atoms with E-state index in [0.29, 0.717) is 25.3 Å². The molecule has 1 aliphatic rings. The van der Waals surface area contributed by atoms with Crippen molar-refractivity contribution in [1.29, 1.82) is 0 Å². The lowest BCUT2D eigenvalue weighted by molar-refractivity contribution is -0.116. The van der Waals surface area contributed by atoms with Crippen LogP contribution >= 0.6 is 0 Å². The number of nitrogen functional groups attached to an aromatic ring is 1. The summed E-state index contributed by atoms with van der Waals surface area (Å²) in [7, 11) is 0. The Kier molecular flexibility index (Phi) is 5.20. The topological polar surface area (TPSA) is 96.6 Å². The highest BCUT2D eigenvalue weighted by molar-refractivity contribution is 5.95. The summed E-state index contributed by atoms with van der Waals surface area (Å²) in [6.45, 7) is 1.78. The number of rotatable bonds is 7. The Morgan fingerprint density at radius 1 is 1.35 bits per heavy atom. The van der Waals surface area contributed by atoms with E-state index in [1.54, 1.807) is 6.07 Å². The van der Waals surface area contributed by atoms with Crippen molar-refractivity contribution in [2.24, 2.45) is 0 Å². The van der Waals surface area contributed by atoms with Crippen LogP contribution in [0.25, 0.3) is 0 Å². The first-order chi connectivity index (χ1) is 9.70. The Labute approximate surface area is 118 Å². The van der Waals surface area contributed by atoms with Gasteiger partial charge in [0.2, 0.25) is 5.91 Å². The normalized spacial score (nSPS) is 13.8. The zero-order valence-corrected chi connectivity index (χ0v) is 11.4. The molecule has 0 saturated heterocycles. The van der Waals surface area contributed by atoms with Gasteiger partial charge in [-0.15, -0.1) is 0 Å². The molecular weight excluding hydrogens is 258 g/mol. The van der Waals surface area contributed by atoms with Gasteiger partial charge in [-0.25, -0.2) is 0 Å². The van der Waals surface area contributed by atoms with Crippen molar-refractivity contribution in [2.75, 3.05) is 42.7 Å². The van der Waals surface area contributed by atoms with E-state index < -0.39 is 0 Å². The number of nitrogens with one attached hydrogen (secondary N) is 2. The maximum atomic E-state index is 11.3. The summed E-state index contributed by atoms with van der Waals surface area (Å²) in [6.07, 6.45) is 2.11. The lowest BCUT2D eigenvalue weighted by atomic mass is 10.0. The number of aliphatic hydroxyl groups is 1. The number of carbonyl (C=O) groups is 1. The summed E-state index contributed by atoms with van der Waals surface area (Å²) in [5.41, 5.74) is 9.42. The summed E-state index contributed by atoms with van der Waals surface area (Å²) in [6, 6.07) is 3.80. The highest BCUT2D eigenvalue weighted by Gasteiger charge is 2.16. The molecule has 0 saturated carbocycles. The van der Waals surface area contributed by atoms with Crippen molar-refractivity contribution in [1.82, 2.24) is 0 Å². The summed E-state index contributed by atoms with van der Waals surface area (Å²) >= 11 is 0. The largest absolute Gasteiger partial charge is 0.397 e. The molecule has 1 heterocycles. The first-order valence-electron chi connectivity index (χ1n) is 6.85. The minimum absolute atomic E-state index is 0.0404. The number of aliphatic hydroxyl groups excluding tert-OH is 1. The van der Waals surface area contributed by atoms with Crippen LogP contribution in [0.2, 0.25) is 0 Å². The van der Waals surface area contributed by atoms with E-state index in [9.17, 15) is 4.79 Å². The molecule has 0 bridgehead atoms. The smallest absolute Gasteiger partial charge is 0.224 e. The molecule has 0 spiro atoms. The molecule has 6 nitrogen and oxygen atoms in total. The van der Waals surface area contributed by atoms with Crippen molar-refractivity contribution in [3.05, 3.63) is 17.7 Å². The van der Waals surface area contributed by atoms with Gasteiger partial charge in [-0.05, 0) is 30.5 Å². The van der Waals surface area contributed by atoms with Gasteiger partial charge >= 0.3 is 0 Å². The van der Waals surface area contributed by atoms with Crippen LogP contribution in [0.4, 0.5) is 17.1 Å². The molecule has 0 fully saturated rings. The third-order valence-electron chi connectivity index (χ3n) is 3.19. The van der Waals surface area contributed by atoms with Gasteiger partial charge in [0.15, 0.2) is 0 Å². The van der Waals surface area contributed by atoms with Crippen LogP contribution in [0.15, 0.2) is 12.1 Å². The molecule has 1 aliphatic heterocycles. The van der Waals surface area contributed by atoms with E-state index in [1.807, 2.05) is 6.07 Å². The summed E-state index contributed by atoms with van der Waals surface area (Å²) in [5.74, 6) is 0.0404. The third kappa shape index (κ3) is 3.85. The Hall–Kier alpha value is -1.79. The molecule has 1 aromatic carbocycles. The first-order valence-corrected chi connectivity index (χ1v) is 6.85. The number of carbonyl (C=O) groups excluding carboxylic acids is 1. The fourth-order valence-corrected chi connectivity index (χ4v) is 2.16. The molecule has 0 aromatic heterocycles. The van der Waals surface area contributed by atoms with Crippen LogP contribution in [0, 0.1) is 0 Å². The van der Waals surface area contributed by atoms with Gasteiger partial charge in [-0.2, -0.15) is 0 Å². The van der Waals surface area contributed by atoms with Gasteiger partial charge in [-0.1, -0.05) is 0 Å².